The van der Waals surface area contributed by atoms with Crippen LogP contribution in [0.2, 0.25) is 0 Å². The SMILES string of the molecule is N#Cc1ccc(-c2cnn(-c3ccc(C(=O)NC(CF)CC(F)F)cn3)c2O)cc1. The molecule has 7 nitrogen and oxygen atoms in total. The van der Waals surface area contributed by atoms with Gasteiger partial charge in [0.15, 0.2) is 5.82 Å². The van der Waals surface area contributed by atoms with Crippen LogP contribution in [0.25, 0.3) is 16.9 Å². The number of aromatic nitrogens is 3. The molecule has 154 valence electrons. The molecule has 0 bridgehead atoms. The van der Waals surface area contributed by atoms with E-state index in [2.05, 4.69) is 15.4 Å². The zero-order chi connectivity index (χ0) is 21.7. The lowest BCUT2D eigenvalue weighted by Gasteiger charge is -2.14. The van der Waals surface area contributed by atoms with Crippen molar-refractivity contribution in [3.05, 3.63) is 59.9 Å². The van der Waals surface area contributed by atoms with E-state index in [1.807, 2.05) is 6.07 Å². The summed E-state index contributed by atoms with van der Waals surface area (Å²) < 4.78 is 38.7. The Balaban J connectivity index is 1.77. The van der Waals surface area contributed by atoms with Gasteiger partial charge in [0.05, 0.1) is 35.0 Å². The highest BCUT2D eigenvalue weighted by Crippen LogP contribution is 2.30. The van der Waals surface area contributed by atoms with E-state index in [0.29, 0.717) is 16.7 Å². The molecule has 2 N–H and O–H groups in total. The Morgan fingerprint density at radius 1 is 1.20 bits per heavy atom. The van der Waals surface area contributed by atoms with Crippen LogP contribution in [0.15, 0.2) is 48.8 Å². The van der Waals surface area contributed by atoms with Gasteiger partial charge in [-0.25, -0.2) is 18.2 Å². The van der Waals surface area contributed by atoms with Crippen molar-refractivity contribution in [2.24, 2.45) is 0 Å². The van der Waals surface area contributed by atoms with E-state index >= 15 is 0 Å². The highest BCUT2D eigenvalue weighted by Gasteiger charge is 2.19. The number of nitriles is 1. The second-order valence-corrected chi connectivity index (χ2v) is 6.34. The molecule has 0 fully saturated rings. The highest BCUT2D eigenvalue weighted by atomic mass is 19.3. The molecule has 1 amide bonds. The van der Waals surface area contributed by atoms with Crippen LogP contribution in [-0.4, -0.2) is 44.9 Å². The Morgan fingerprint density at radius 2 is 1.93 bits per heavy atom. The average molecular weight is 415 g/mol. The first-order chi connectivity index (χ1) is 14.4. The minimum atomic E-state index is -2.74. The molecule has 10 heteroatoms. The van der Waals surface area contributed by atoms with Gasteiger partial charge in [0.25, 0.3) is 5.91 Å². The van der Waals surface area contributed by atoms with Gasteiger partial charge in [-0.2, -0.15) is 15.0 Å². The van der Waals surface area contributed by atoms with Gasteiger partial charge in [-0.1, -0.05) is 12.1 Å². The second-order valence-electron chi connectivity index (χ2n) is 6.34. The summed E-state index contributed by atoms with van der Waals surface area (Å²) in [4.78, 5) is 16.1. The Hall–Kier alpha value is -3.87. The number of carbonyl (C=O) groups excluding carboxylic acids is 1. The molecule has 1 aromatic carbocycles. The fourth-order valence-corrected chi connectivity index (χ4v) is 2.73. The van der Waals surface area contributed by atoms with Crippen molar-refractivity contribution in [3.8, 4) is 28.9 Å². The van der Waals surface area contributed by atoms with E-state index in [-0.39, 0.29) is 17.3 Å². The fraction of sp³-hybridized carbons (Fsp3) is 0.200. The predicted octanol–water partition coefficient (Wildman–Crippen LogP) is 3.23. The summed E-state index contributed by atoms with van der Waals surface area (Å²) in [5.41, 5.74) is 1.58. The van der Waals surface area contributed by atoms with Crippen LogP contribution in [0.1, 0.15) is 22.3 Å². The molecule has 0 saturated carbocycles. The number of pyridine rings is 1. The molecule has 1 atom stereocenters. The normalized spacial score (nSPS) is 11.8. The molecule has 30 heavy (non-hydrogen) atoms. The minimum absolute atomic E-state index is 0.0467. The second kappa shape index (κ2) is 9.09. The molecule has 3 aromatic rings. The summed E-state index contributed by atoms with van der Waals surface area (Å²) in [6.07, 6.45) is -0.924. The molecule has 2 aromatic heterocycles. The first-order valence-corrected chi connectivity index (χ1v) is 8.82. The molecule has 1 unspecified atom stereocenters. The van der Waals surface area contributed by atoms with Gasteiger partial charge < -0.3 is 10.4 Å². The van der Waals surface area contributed by atoms with Crippen LogP contribution >= 0.6 is 0 Å². The van der Waals surface area contributed by atoms with Crippen molar-refractivity contribution >= 4 is 5.91 Å². The standard InChI is InChI=1S/C20H16F3N5O2/c21-8-15(7-17(22)23)27-19(29)14-5-6-18(25-10-14)28-20(30)16(11-26-28)13-3-1-12(9-24)2-4-13/h1-6,10-11,15,17,30H,7-8H2,(H,27,29). The minimum Gasteiger partial charge on any atom is -0.493 e. The smallest absolute Gasteiger partial charge is 0.253 e. The number of alkyl halides is 3. The third-order valence-corrected chi connectivity index (χ3v) is 4.28. The van der Waals surface area contributed by atoms with Gasteiger partial charge >= 0.3 is 0 Å². The molecule has 0 aliphatic carbocycles. The number of amides is 1. The van der Waals surface area contributed by atoms with Gasteiger partial charge in [-0.05, 0) is 29.8 Å². The zero-order valence-electron chi connectivity index (χ0n) is 15.5. The average Bonchev–Trinajstić information content (AvgIpc) is 3.14. The number of carbonyl (C=O) groups is 1. The molecule has 3 rings (SSSR count). The zero-order valence-corrected chi connectivity index (χ0v) is 15.5. The van der Waals surface area contributed by atoms with Crippen LogP contribution in [0.3, 0.4) is 0 Å². The summed E-state index contributed by atoms with van der Waals surface area (Å²) in [7, 11) is 0. The highest BCUT2D eigenvalue weighted by molar-refractivity contribution is 5.94. The molecule has 0 spiro atoms. The van der Waals surface area contributed by atoms with E-state index in [9.17, 15) is 23.1 Å². The van der Waals surface area contributed by atoms with Gasteiger partial charge in [0, 0.05) is 12.6 Å². The first-order valence-electron chi connectivity index (χ1n) is 8.82. The van der Waals surface area contributed by atoms with Crippen LogP contribution in [0.5, 0.6) is 5.88 Å². The number of hydrogen-bond donors (Lipinski definition) is 2. The fourth-order valence-electron chi connectivity index (χ4n) is 2.73. The van der Waals surface area contributed by atoms with E-state index in [1.54, 1.807) is 24.3 Å². The van der Waals surface area contributed by atoms with Gasteiger partial charge in [0.2, 0.25) is 12.3 Å². The van der Waals surface area contributed by atoms with Crippen LogP contribution in [0.4, 0.5) is 13.2 Å². The maximum Gasteiger partial charge on any atom is 0.253 e. The third kappa shape index (κ3) is 4.57. The molecule has 2 heterocycles. The molecule has 0 aliphatic heterocycles. The maximum absolute atomic E-state index is 12.8. The Bertz CT molecular complexity index is 1060. The Morgan fingerprint density at radius 3 is 2.50 bits per heavy atom. The van der Waals surface area contributed by atoms with Gasteiger partial charge in [0.1, 0.15) is 6.67 Å². The van der Waals surface area contributed by atoms with Crippen molar-refractivity contribution in [1.82, 2.24) is 20.1 Å². The number of benzene rings is 1. The number of nitrogens with one attached hydrogen (secondary N) is 1. The van der Waals surface area contributed by atoms with Gasteiger partial charge in [-0.15, -0.1) is 0 Å². The summed E-state index contributed by atoms with van der Waals surface area (Å²) in [5, 5.41) is 25.6. The van der Waals surface area contributed by atoms with Crippen molar-refractivity contribution in [1.29, 1.82) is 5.26 Å². The number of aromatic hydroxyl groups is 1. The van der Waals surface area contributed by atoms with Crippen molar-refractivity contribution < 1.29 is 23.1 Å². The molecule has 0 radical (unpaired) electrons. The lowest BCUT2D eigenvalue weighted by Crippen LogP contribution is -2.37. The van der Waals surface area contributed by atoms with Crippen molar-refractivity contribution in [2.75, 3.05) is 6.67 Å². The molecule has 0 aliphatic rings. The monoisotopic (exact) mass is 415 g/mol. The number of rotatable bonds is 7. The lowest BCUT2D eigenvalue weighted by atomic mass is 10.1. The van der Waals surface area contributed by atoms with Crippen LogP contribution in [-0.2, 0) is 0 Å². The predicted molar refractivity (Wildman–Crippen MR) is 101 cm³/mol. The first kappa shape index (κ1) is 20.9. The van der Waals surface area contributed by atoms with Crippen LogP contribution in [0, 0.1) is 11.3 Å². The van der Waals surface area contributed by atoms with Gasteiger partial charge in [-0.3, -0.25) is 4.79 Å². The van der Waals surface area contributed by atoms with Crippen molar-refractivity contribution in [3.63, 3.8) is 0 Å². The third-order valence-electron chi connectivity index (χ3n) is 4.28. The molecule has 0 saturated heterocycles. The number of halogens is 3. The Kier molecular flexibility index (Phi) is 6.32. The summed E-state index contributed by atoms with van der Waals surface area (Å²) in [5.74, 6) is -0.724. The summed E-state index contributed by atoms with van der Waals surface area (Å²) in [6.45, 7) is -1.11. The maximum atomic E-state index is 12.8. The Labute approximate surface area is 169 Å². The van der Waals surface area contributed by atoms with E-state index in [4.69, 9.17) is 5.26 Å². The van der Waals surface area contributed by atoms with E-state index < -0.39 is 31.5 Å². The number of nitrogens with zero attached hydrogens (tertiary/aromatic N) is 4. The van der Waals surface area contributed by atoms with E-state index in [0.717, 1.165) is 4.68 Å². The topological polar surface area (TPSA) is 104 Å². The van der Waals surface area contributed by atoms with E-state index in [1.165, 1.54) is 24.5 Å². The summed E-state index contributed by atoms with van der Waals surface area (Å²) in [6, 6.07) is 10.0. The van der Waals surface area contributed by atoms with Crippen molar-refractivity contribution in [2.45, 2.75) is 18.9 Å². The number of hydrogen-bond acceptors (Lipinski definition) is 5. The molecular formula is C20H16F3N5O2. The quantitative estimate of drug-likeness (QED) is 0.617. The molecular weight excluding hydrogens is 399 g/mol. The largest absolute Gasteiger partial charge is 0.493 e. The lowest BCUT2D eigenvalue weighted by molar-refractivity contribution is 0.0866. The summed E-state index contributed by atoms with van der Waals surface area (Å²) >= 11 is 0. The van der Waals surface area contributed by atoms with Crippen LogP contribution < -0.4 is 5.32 Å².